The Bertz CT molecular complexity index is 421. The Hall–Kier alpha value is -1.62. The third-order valence-corrected chi connectivity index (χ3v) is 2.49. The van der Waals surface area contributed by atoms with E-state index < -0.39 is 17.8 Å². The molecule has 0 aliphatic heterocycles. The van der Waals surface area contributed by atoms with Crippen molar-refractivity contribution in [2.75, 3.05) is 7.11 Å². The van der Waals surface area contributed by atoms with E-state index in [4.69, 9.17) is 9.84 Å². The van der Waals surface area contributed by atoms with E-state index in [0.29, 0.717) is 5.56 Å². The molecule has 0 saturated carbocycles. The lowest BCUT2D eigenvalue weighted by Crippen LogP contribution is -2.29. The number of hydrogen-bond donors (Lipinski definition) is 2. The van der Waals surface area contributed by atoms with E-state index in [-0.39, 0.29) is 18.2 Å². The van der Waals surface area contributed by atoms with Crippen molar-refractivity contribution >= 4 is 5.97 Å². The first-order valence-electron chi connectivity index (χ1n) is 5.75. The molecule has 0 saturated heterocycles. The molecule has 100 valence electrons. The first-order chi connectivity index (χ1) is 8.43. The molecule has 1 aromatic carbocycles. The highest BCUT2D eigenvalue weighted by atomic mass is 19.1. The molecule has 0 heterocycles. The molecule has 2 N–H and O–H groups in total. The quantitative estimate of drug-likeness (QED) is 0.819. The van der Waals surface area contributed by atoms with Gasteiger partial charge in [-0.05, 0) is 17.7 Å². The van der Waals surface area contributed by atoms with Crippen LogP contribution in [0, 0.1) is 5.82 Å². The second kappa shape index (κ2) is 6.35. The standard InChI is InChI=1S/C13H18FNO3/c1-8(2)15-11(7-13(16)17)9-4-5-12(18-3)10(14)6-9/h4-6,8,11,15H,7H2,1-3H3,(H,16,17). The maximum atomic E-state index is 13.6. The van der Waals surface area contributed by atoms with Crippen LogP contribution in [0.15, 0.2) is 18.2 Å². The fourth-order valence-electron chi connectivity index (χ4n) is 1.75. The smallest absolute Gasteiger partial charge is 0.305 e. The number of rotatable bonds is 6. The van der Waals surface area contributed by atoms with Gasteiger partial charge < -0.3 is 15.2 Å². The molecule has 0 fully saturated rings. The summed E-state index contributed by atoms with van der Waals surface area (Å²) in [7, 11) is 1.39. The van der Waals surface area contributed by atoms with Crippen LogP contribution in [-0.2, 0) is 4.79 Å². The lowest BCUT2D eigenvalue weighted by Gasteiger charge is -2.20. The van der Waals surface area contributed by atoms with Crippen molar-refractivity contribution in [3.8, 4) is 5.75 Å². The normalized spacial score (nSPS) is 12.5. The SMILES string of the molecule is COc1ccc(C(CC(=O)O)NC(C)C)cc1F. The second-order valence-corrected chi connectivity index (χ2v) is 4.37. The molecular formula is C13H18FNO3. The zero-order chi connectivity index (χ0) is 13.7. The van der Waals surface area contributed by atoms with Crippen molar-refractivity contribution in [2.45, 2.75) is 32.4 Å². The molecule has 0 aliphatic rings. The van der Waals surface area contributed by atoms with Crippen molar-refractivity contribution in [1.29, 1.82) is 0 Å². The summed E-state index contributed by atoms with van der Waals surface area (Å²) in [5.74, 6) is -1.27. The summed E-state index contributed by atoms with van der Waals surface area (Å²) < 4.78 is 18.4. The molecule has 0 bridgehead atoms. The Morgan fingerprint density at radius 1 is 1.50 bits per heavy atom. The van der Waals surface area contributed by atoms with Crippen LogP contribution in [0.5, 0.6) is 5.75 Å². The largest absolute Gasteiger partial charge is 0.494 e. The van der Waals surface area contributed by atoms with E-state index in [1.165, 1.54) is 19.2 Å². The van der Waals surface area contributed by atoms with Crippen LogP contribution in [0.4, 0.5) is 4.39 Å². The Balaban J connectivity index is 2.97. The number of nitrogens with one attached hydrogen (secondary N) is 1. The lowest BCUT2D eigenvalue weighted by atomic mass is 10.0. The number of carbonyl (C=O) groups is 1. The van der Waals surface area contributed by atoms with E-state index in [9.17, 15) is 9.18 Å². The predicted octanol–water partition coefficient (Wildman–Crippen LogP) is 2.35. The first kappa shape index (κ1) is 14.4. The number of carboxylic acids is 1. The van der Waals surface area contributed by atoms with Crippen molar-refractivity contribution in [2.24, 2.45) is 0 Å². The Kier molecular flexibility index (Phi) is 5.09. The van der Waals surface area contributed by atoms with Crippen LogP contribution in [0.3, 0.4) is 0 Å². The number of carboxylic acid groups (broad SMARTS) is 1. The third kappa shape index (κ3) is 4.00. The van der Waals surface area contributed by atoms with E-state index in [1.54, 1.807) is 6.07 Å². The van der Waals surface area contributed by atoms with Gasteiger partial charge in [-0.1, -0.05) is 19.9 Å². The predicted molar refractivity (Wildman–Crippen MR) is 66.2 cm³/mol. The van der Waals surface area contributed by atoms with Crippen LogP contribution in [0.25, 0.3) is 0 Å². The molecule has 0 aromatic heterocycles. The number of methoxy groups -OCH3 is 1. The van der Waals surface area contributed by atoms with Gasteiger partial charge in [0, 0.05) is 12.1 Å². The average molecular weight is 255 g/mol. The highest BCUT2D eigenvalue weighted by Gasteiger charge is 2.17. The molecular weight excluding hydrogens is 237 g/mol. The topological polar surface area (TPSA) is 58.6 Å². The van der Waals surface area contributed by atoms with Gasteiger partial charge in [-0.2, -0.15) is 0 Å². The van der Waals surface area contributed by atoms with E-state index in [0.717, 1.165) is 0 Å². The Labute approximate surface area is 106 Å². The van der Waals surface area contributed by atoms with Crippen LogP contribution in [0.1, 0.15) is 31.9 Å². The number of halogens is 1. The molecule has 0 amide bonds. The lowest BCUT2D eigenvalue weighted by molar-refractivity contribution is -0.137. The molecule has 4 nitrogen and oxygen atoms in total. The van der Waals surface area contributed by atoms with Crippen molar-refractivity contribution in [3.63, 3.8) is 0 Å². The van der Waals surface area contributed by atoms with Crippen LogP contribution in [0.2, 0.25) is 0 Å². The highest BCUT2D eigenvalue weighted by molar-refractivity contribution is 5.68. The van der Waals surface area contributed by atoms with Crippen LogP contribution >= 0.6 is 0 Å². The molecule has 18 heavy (non-hydrogen) atoms. The van der Waals surface area contributed by atoms with E-state index in [1.807, 2.05) is 13.8 Å². The fraction of sp³-hybridized carbons (Fsp3) is 0.462. The minimum absolute atomic E-state index is 0.0933. The number of hydrogen-bond acceptors (Lipinski definition) is 3. The number of benzene rings is 1. The van der Waals surface area contributed by atoms with Gasteiger partial charge in [-0.15, -0.1) is 0 Å². The van der Waals surface area contributed by atoms with Gasteiger partial charge in [0.15, 0.2) is 11.6 Å². The maximum Gasteiger partial charge on any atom is 0.305 e. The van der Waals surface area contributed by atoms with Gasteiger partial charge in [0.1, 0.15) is 0 Å². The van der Waals surface area contributed by atoms with Gasteiger partial charge >= 0.3 is 5.97 Å². The fourth-order valence-corrected chi connectivity index (χ4v) is 1.75. The van der Waals surface area contributed by atoms with Gasteiger partial charge in [-0.3, -0.25) is 4.79 Å². The third-order valence-electron chi connectivity index (χ3n) is 2.49. The zero-order valence-electron chi connectivity index (χ0n) is 10.7. The summed E-state index contributed by atoms with van der Waals surface area (Å²) in [5.41, 5.74) is 0.601. The average Bonchev–Trinajstić information content (AvgIpc) is 2.26. The molecule has 0 radical (unpaired) electrons. The summed E-state index contributed by atoms with van der Waals surface area (Å²) in [5, 5.41) is 12.0. The molecule has 1 unspecified atom stereocenters. The number of aliphatic carboxylic acids is 1. The van der Waals surface area contributed by atoms with Crippen molar-refractivity contribution in [3.05, 3.63) is 29.6 Å². The minimum atomic E-state index is -0.927. The maximum absolute atomic E-state index is 13.6. The van der Waals surface area contributed by atoms with Gasteiger partial charge in [-0.25, -0.2) is 4.39 Å². The van der Waals surface area contributed by atoms with E-state index >= 15 is 0 Å². The Morgan fingerprint density at radius 3 is 2.61 bits per heavy atom. The van der Waals surface area contributed by atoms with Gasteiger partial charge in [0.05, 0.1) is 13.5 Å². The summed E-state index contributed by atoms with van der Waals surface area (Å²) >= 11 is 0. The minimum Gasteiger partial charge on any atom is -0.494 e. The van der Waals surface area contributed by atoms with Crippen LogP contribution < -0.4 is 10.1 Å². The van der Waals surface area contributed by atoms with Crippen LogP contribution in [-0.4, -0.2) is 24.2 Å². The monoisotopic (exact) mass is 255 g/mol. The molecule has 5 heteroatoms. The van der Waals surface area contributed by atoms with Crippen molar-refractivity contribution in [1.82, 2.24) is 5.32 Å². The summed E-state index contributed by atoms with van der Waals surface area (Å²) in [6.07, 6.45) is -0.0933. The summed E-state index contributed by atoms with van der Waals surface area (Å²) in [6.45, 7) is 3.82. The summed E-state index contributed by atoms with van der Waals surface area (Å²) in [4.78, 5) is 10.8. The summed E-state index contributed by atoms with van der Waals surface area (Å²) in [6, 6.07) is 4.18. The zero-order valence-corrected chi connectivity index (χ0v) is 10.7. The molecule has 1 rings (SSSR count). The molecule has 1 atom stereocenters. The molecule has 0 spiro atoms. The van der Waals surface area contributed by atoms with Gasteiger partial charge in [0.2, 0.25) is 0 Å². The molecule has 0 aliphatic carbocycles. The first-order valence-corrected chi connectivity index (χ1v) is 5.75. The van der Waals surface area contributed by atoms with Gasteiger partial charge in [0.25, 0.3) is 0 Å². The second-order valence-electron chi connectivity index (χ2n) is 4.37. The van der Waals surface area contributed by atoms with E-state index in [2.05, 4.69) is 5.32 Å². The highest BCUT2D eigenvalue weighted by Crippen LogP contribution is 2.24. The Morgan fingerprint density at radius 2 is 2.17 bits per heavy atom. The molecule has 1 aromatic rings. The van der Waals surface area contributed by atoms with Crippen molar-refractivity contribution < 1.29 is 19.0 Å². The number of ether oxygens (including phenoxy) is 1.